The molecule has 1 heterocycles. The molecule has 0 saturated carbocycles. The van der Waals surface area contributed by atoms with Crippen molar-refractivity contribution in [3.63, 3.8) is 0 Å². The van der Waals surface area contributed by atoms with Gasteiger partial charge in [-0.2, -0.15) is 4.98 Å². The standard InChI is InChI=1S/C16H20N2O2/c1-4-9-19-16-13(17)6-8-15(18-16)20-14-7-5-11(2)10-12(14)3/h5-8,10H,4,9,17H2,1-3H3. The second-order valence-corrected chi connectivity index (χ2v) is 4.76. The van der Waals surface area contributed by atoms with E-state index in [-0.39, 0.29) is 0 Å². The van der Waals surface area contributed by atoms with E-state index in [0.29, 0.717) is 24.1 Å². The fourth-order valence-corrected chi connectivity index (χ4v) is 1.83. The summed E-state index contributed by atoms with van der Waals surface area (Å²) in [6.07, 6.45) is 0.906. The fraction of sp³-hybridized carbons (Fsp3) is 0.312. The SMILES string of the molecule is CCCOc1nc(Oc2ccc(C)cc2C)ccc1N. The summed E-state index contributed by atoms with van der Waals surface area (Å²) in [6.45, 7) is 6.68. The maximum Gasteiger partial charge on any atom is 0.240 e. The van der Waals surface area contributed by atoms with E-state index in [1.807, 2.05) is 26.0 Å². The number of ether oxygens (including phenoxy) is 2. The van der Waals surface area contributed by atoms with Crippen molar-refractivity contribution in [3.8, 4) is 17.5 Å². The van der Waals surface area contributed by atoms with E-state index in [9.17, 15) is 0 Å². The molecule has 0 fully saturated rings. The summed E-state index contributed by atoms with van der Waals surface area (Å²) in [7, 11) is 0. The molecule has 0 saturated heterocycles. The third-order valence-electron chi connectivity index (χ3n) is 2.85. The Bertz CT molecular complexity index is 597. The molecular formula is C16H20N2O2. The van der Waals surface area contributed by atoms with Crippen molar-refractivity contribution in [2.24, 2.45) is 0 Å². The number of nitrogens with two attached hydrogens (primary N) is 1. The molecule has 106 valence electrons. The minimum Gasteiger partial charge on any atom is -0.476 e. The molecule has 1 aromatic carbocycles. The van der Waals surface area contributed by atoms with Gasteiger partial charge in [0.1, 0.15) is 5.75 Å². The van der Waals surface area contributed by atoms with Crippen molar-refractivity contribution in [3.05, 3.63) is 41.5 Å². The molecule has 0 spiro atoms. The average molecular weight is 272 g/mol. The fourth-order valence-electron chi connectivity index (χ4n) is 1.83. The number of anilines is 1. The van der Waals surface area contributed by atoms with Crippen LogP contribution >= 0.6 is 0 Å². The first-order valence-corrected chi connectivity index (χ1v) is 6.74. The predicted octanol–water partition coefficient (Wildman–Crippen LogP) is 3.86. The van der Waals surface area contributed by atoms with Crippen LogP contribution in [0.5, 0.6) is 17.5 Å². The minimum absolute atomic E-state index is 0.425. The maximum absolute atomic E-state index is 5.83. The van der Waals surface area contributed by atoms with Gasteiger partial charge < -0.3 is 15.2 Å². The molecule has 2 N–H and O–H groups in total. The topological polar surface area (TPSA) is 57.4 Å². The molecule has 2 rings (SSSR count). The van der Waals surface area contributed by atoms with Crippen molar-refractivity contribution < 1.29 is 9.47 Å². The van der Waals surface area contributed by atoms with Crippen molar-refractivity contribution >= 4 is 5.69 Å². The summed E-state index contributed by atoms with van der Waals surface area (Å²) >= 11 is 0. The predicted molar refractivity (Wildman–Crippen MR) is 80.4 cm³/mol. The summed E-state index contributed by atoms with van der Waals surface area (Å²) < 4.78 is 11.3. The van der Waals surface area contributed by atoms with Gasteiger partial charge in [0.25, 0.3) is 0 Å². The molecule has 1 aromatic heterocycles. The number of aromatic nitrogens is 1. The minimum atomic E-state index is 0.425. The van der Waals surface area contributed by atoms with Crippen molar-refractivity contribution in [1.82, 2.24) is 4.98 Å². The van der Waals surface area contributed by atoms with Crippen molar-refractivity contribution in [2.75, 3.05) is 12.3 Å². The molecule has 0 aliphatic rings. The Morgan fingerprint density at radius 1 is 1.15 bits per heavy atom. The first kappa shape index (κ1) is 14.2. The van der Waals surface area contributed by atoms with Gasteiger partial charge in [0.2, 0.25) is 11.8 Å². The molecule has 2 aromatic rings. The van der Waals surface area contributed by atoms with Crippen LogP contribution in [0.15, 0.2) is 30.3 Å². The zero-order valence-corrected chi connectivity index (χ0v) is 12.1. The lowest BCUT2D eigenvalue weighted by atomic mass is 10.1. The number of nitrogen functional groups attached to an aromatic ring is 1. The van der Waals surface area contributed by atoms with Gasteiger partial charge in [-0.25, -0.2) is 0 Å². The highest BCUT2D eigenvalue weighted by Crippen LogP contribution is 2.28. The van der Waals surface area contributed by atoms with Crippen LogP contribution in [0.2, 0.25) is 0 Å². The van der Waals surface area contributed by atoms with Crippen molar-refractivity contribution in [1.29, 1.82) is 0 Å². The largest absolute Gasteiger partial charge is 0.476 e. The van der Waals surface area contributed by atoms with E-state index in [1.54, 1.807) is 12.1 Å². The lowest BCUT2D eigenvalue weighted by molar-refractivity contribution is 0.302. The van der Waals surface area contributed by atoms with E-state index < -0.39 is 0 Å². The molecular weight excluding hydrogens is 252 g/mol. The number of benzene rings is 1. The van der Waals surface area contributed by atoms with E-state index >= 15 is 0 Å². The zero-order chi connectivity index (χ0) is 14.5. The van der Waals surface area contributed by atoms with Crippen LogP contribution < -0.4 is 15.2 Å². The molecule has 0 amide bonds. The summed E-state index contributed by atoms with van der Waals surface area (Å²) in [5, 5.41) is 0. The van der Waals surface area contributed by atoms with Gasteiger partial charge in [-0.05, 0) is 38.0 Å². The average Bonchev–Trinajstić information content (AvgIpc) is 2.42. The Labute approximate surface area is 119 Å². The highest BCUT2D eigenvalue weighted by Gasteiger charge is 2.07. The number of hydrogen-bond donors (Lipinski definition) is 1. The van der Waals surface area contributed by atoms with E-state index in [2.05, 4.69) is 18.0 Å². The van der Waals surface area contributed by atoms with Gasteiger partial charge in [0, 0.05) is 6.07 Å². The lowest BCUT2D eigenvalue weighted by Gasteiger charge is -2.11. The highest BCUT2D eigenvalue weighted by atomic mass is 16.5. The number of pyridine rings is 1. The second kappa shape index (κ2) is 6.28. The van der Waals surface area contributed by atoms with Gasteiger partial charge in [0.05, 0.1) is 12.3 Å². The molecule has 0 bridgehead atoms. The number of hydrogen-bond acceptors (Lipinski definition) is 4. The van der Waals surface area contributed by atoms with E-state index in [0.717, 1.165) is 17.7 Å². The molecule has 4 nitrogen and oxygen atoms in total. The maximum atomic E-state index is 5.83. The van der Waals surface area contributed by atoms with Crippen LogP contribution in [-0.4, -0.2) is 11.6 Å². The lowest BCUT2D eigenvalue weighted by Crippen LogP contribution is -2.02. The quantitative estimate of drug-likeness (QED) is 0.897. The zero-order valence-electron chi connectivity index (χ0n) is 12.1. The third kappa shape index (κ3) is 3.41. The Hall–Kier alpha value is -2.23. The van der Waals surface area contributed by atoms with Crippen LogP contribution in [0.3, 0.4) is 0 Å². The Morgan fingerprint density at radius 3 is 2.65 bits per heavy atom. The van der Waals surface area contributed by atoms with Crippen LogP contribution in [-0.2, 0) is 0 Å². The van der Waals surface area contributed by atoms with Crippen LogP contribution in [0.25, 0.3) is 0 Å². The smallest absolute Gasteiger partial charge is 0.240 e. The van der Waals surface area contributed by atoms with Crippen LogP contribution in [0.4, 0.5) is 5.69 Å². The van der Waals surface area contributed by atoms with Gasteiger partial charge in [-0.1, -0.05) is 24.6 Å². The molecule has 0 aliphatic carbocycles. The van der Waals surface area contributed by atoms with Gasteiger partial charge in [-0.15, -0.1) is 0 Å². The summed E-state index contributed by atoms with van der Waals surface area (Å²) in [5.41, 5.74) is 8.62. The Morgan fingerprint density at radius 2 is 1.95 bits per heavy atom. The first-order valence-electron chi connectivity index (χ1n) is 6.74. The third-order valence-corrected chi connectivity index (χ3v) is 2.85. The van der Waals surface area contributed by atoms with E-state index in [1.165, 1.54) is 5.56 Å². The van der Waals surface area contributed by atoms with Gasteiger partial charge >= 0.3 is 0 Å². The molecule has 0 aliphatic heterocycles. The summed E-state index contributed by atoms with van der Waals surface area (Å²) in [6, 6.07) is 9.51. The normalized spacial score (nSPS) is 10.3. The van der Waals surface area contributed by atoms with Crippen LogP contribution in [0, 0.1) is 13.8 Å². The van der Waals surface area contributed by atoms with E-state index in [4.69, 9.17) is 15.2 Å². The second-order valence-electron chi connectivity index (χ2n) is 4.76. The number of nitrogens with zero attached hydrogens (tertiary/aromatic N) is 1. The van der Waals surface area contributed by atoms with Gasteiger partial charge in [0.15, 0.2) is 0 Å². The monoisotopic (exact) mass is 272 g/mol. The molecule has 0 radical (unpaired) electrons. The molecule has 20 heavy (non-hydrogen) atoms. The molecule has 4 heteroatoms. The number of rotatable bonds is 5. The molecule has 0 atom stereocenters. The van der Waals surface area contributed by atoms with Gasteiger partial charge in [-0.3, -0.25) is 0 Å². The summed E-state index contributed by atoms with van der Waals surface area (Å²) in [5.74, 6) is 1.70. The Balaban J connectivity index is 2.20. The summed E-state index contributed by atoms with van der Waals surface area (Å²) in [4.78, 5) is 4.30. The van der Waals surface area contributed by atoms with Crippen LogP contribution in [0.1, 0.15) is 24.5 Å². The number of aryl methyl sites for hydroxylation is 2. The molecule has 0 unspecified atom stereocenters. The highest BCUT2D eigenvalue weighted by molar-refractivity contribution is 5.50. The van der Waals surface area contributed by atoms with Crippen molar-refractivity contribution in [2.45, 2.75) is 27.2 Å². The first-order chi connectivity index (χ1) is 9.60. The Kier molecular flexibility index (Phi) is 4.45.